The summed E-state index contributed by atoms with van der Waals surface area (Å²) in [5, 5.41) is 4.33. The van der Waals surface area contributed by atoms with Crippen LogP contribution in [0.4, 0.5) is 0 Å². The van der Waals surface area contributed by atoms with Crippen LogP contribution < -0.4 is 4.74 Å². The zero-order chi connectivity index (χ0) is 13.3. The molecule has 3 rings (SSSR count). The van der Waals surface area contributed by atoms with Crippen LogP contribution in [-0.4, -0.2) is 29.4 Å². The third-order valence-corrected chi connectivity index (χ3v) is 6.05. The van der Waals surface area contributed by atoms with Crippen molar-refractivity contribution in [1.29, 1.82) is 0 Å². The molecule has 1 atom stereocenters. The normalized spacial score (nSPS) is 27.5. The number of nitrogens with zero attached hydrogens (tertiary/aromatic N) is 2. The van der Waals surface area contributed by atoms with Gasteiger partial charge in [0.1, 0.15) is 0 Å². The fraction of sp³-hybridized carbons (Fsp3) is 0.769. The van der Waals surface area contributed by atoms with Gasteiger partial charge in [-0.1, -0.05) is 19.3 Å². The Morgan fingerprint density at radius 3 is 2.63 bits per heavy atom. The van der Waals surface area contributed by atoms with Crippen molar-refractivity contribution in [3.63, 3.8) is 0 Å². The molecular formula is C13H20N2O3S. The minimum atomic E-state index is -3.06. The van der Waals surface area contributed by atoms with Gasteiger partial charge in [-0.25, -0.2) is 8.42 Å². The zero-order valence-corrected chi connectivity index (χ0v) is 11.8. The Labute approximate surface area is 113 Å². The van der Waals surface area contributed by atoms with E-state index in [0.29, 0.717) is 24.6 Å². The molecule has 6 heteroatoms. The predicted octanol–water partition coefficient (Wildman–Crippen LogP) is 2.30. The standard InChI is InChI=1S/C13H20N2O3S/c16-19(17)8-4-7-13(19)18-12-9-14-15(10-12)11-5-2-1-3-6-11/h9-11,13H,1-8H2. The van der Waals surface area contributed by atoms with E-state index in [1.165, 1.54) is 19.3 Å². The van der Waals surface area contributed by atoms with Gasteiger partial charge in [-0.3, -0.25) is 4.68 Å². The Morgan fingerprint density at radius 2 is 1.95 bits per heavy atom. The lowest BCUT2D eigenvalue weighted by molar-refractivity contribution is 0.271. The van der Waals surface area contributed by atoms with Crippen molar-refractivity contribution in [2.75, 3.05) is 5.75 Å². The van der Waals surface area contributed by atoms with Crippen LogP contribution in [-0.2, 0) is 9.84 Å². The van der Waals surface area contributed by atoms with Gasteiger partial charge in [0.05, 0.1) is 24.2 Å². The van der Waals surface area contributed by atoms with Gasteiger partial charge in [-0.15, -0.1) is 0 Å². The highest BCUT2D eigenvalue weighted by Gasteiger charge is 2.33. The van der Waals surface area contributed by atoms with Gasteiger partial charge in [0.2, 0.25) is 0 Å². The van der Waals surface area contributed by atoms with Gasteiger partial charge in [0.15, 0.2) is 21.0 Å². The summed E-state index contributed by atoms with van der Waals surface area (Å²) in [6.07, 6.45) is 10.9. The Morgan fingerprint density at radius 1 is 1.16 bits per heavy atom. The lowest BCUT2D eigenvalue weighted by Crippen LogP contribution is -2.22. The molecule has 106 valence electrons. The second-order valence-electron chi connectivity index (χ2n) is 5.50. The Balaban J connectivity index is 1.68. The second-order valence-corrected chi connectivity index (χ2v) is 7.76. The minimum Gasteiger partial charge on any atom is -0.471 e. The van der Waals surface area contributed by atoms with Crippen molar-refractivity contribution in [1.82, 2.24) is 9.78 Å². The molecule has 0 spiro atoms. The van der Waals surface area contributed by atoms with Gasteiger partial charge >= 0.3 is 0 Å². The van der Waals surface area contributed by atoms with Crippen LogP contribution in [0.2, 0.25) is 0 Å². The van der Waals surface area contributed by atoms with Gasteiger partial charge in [0.25, 0.3) is 0 Å². The molecule has 5 nitrogen and oxygen atoms in total. The highest BCUT2D eigenvalue weighted by atomic mass is 32.2. The van der Waals surface area contributed by atoms with Crippen LogP contribution in [0.3, 0.4) is 0 Å². The van der Waals surface area contributed by atoms with Crippen molar-refractivity contribution in [2.45, 2.75) is 56.4 Å². The maximum Gasteiger partial charge on any atom is 0.199 e. The molecule has 1 unspecified atom stereocenters. The Bertz CT molecular complexity index is 532. The smallest absolute Gasteiger partial charge is 0.199 e. The monoisotopic (exact) mass is 284 g/mol. The first kappa shape index (κ1) is 13.0. The number of hydrogen-bond donors (Lipinski definition) is 0. The molecule has 1 aliphatic carbocycles. The molecule has 2 heterocycles. The van der Waals surface area contributed by atoms with E-state index in [4.69, 9.17) is 4.74 Å². The zero-order valence-electron chi connectivity index (χ0n) is 11.0. The molecule has 0 N–H and O–H groups in total. The van der Waals surface area contributed by atoms with Crippen LogP contribution >= 0.6 is 0 Å². The van der Waals surface area contributed by atoms with E-state index in [0.717, 1.165) is 12.8 Å². The van der Waals surface area contributed by atoms with Crippen molar-refractivity contribution >= 4 is 9.84 Å². The first-order chi connectivity index (χ1) is 9.15. The summed E-state index contributed by atoms with van der Waals surface area (Å²) in [7, 11) is -3.06. The molecule has 2 fully saturated rings. The van der Waals surface area contributed by atoms with Crippen LogP contribution in [0.25, 0.3) is 0 Å². The molecule has 0 bridgehead atoms. The summed E-state index contributed by atoms with van der Waals surface area (Å²) in [6, 6.07) is 0.450. The second kappa shape index (κ2) is 5.15. The average molecular weight is 284 g/mol. The SMILES string of the molecule is O=S1(=O)CCCC1Oc1cnn(C2CCCCC2)c1. The van der Waals surface area contributed by atoms with Gasteiger partial charge in [-0.2, -0.15) is 5.10 Å². The topological polar surface area (TPSA) is 61.2 Å². The summed E-state index contributed by atoms with van der Waals surface area (Å²) < 4.78 is 31.0. The molecule has 2 aliphatic rings. The Hall–Kier alpha value is -1.04. The predicted molar refractivity (Wildman–Crippen MR) is 71.8 cm³/mol. The third-order valence-electron chi connectivity index (χ3n) is 4.06. The van der Waals surface area contributed by atoms with E-state index in [1.807, 2.05) is 10.9 Å². The average Bonchev–Trinajstić information content (AvgIpc) is 2.99. The molecule has 1 aromatic rings. The van der Waals surface area contributed by atoms with E-state index in [-0.39, 0.29) is 5.75 Å². The van der Waals surface area contributed by atoms with Crippen LogP contribution in [0, 0.1) is 0 Å². The maximum atomic E-state index is 11.7. The fourth-order valence-electron chi connectivity index (χ4n) is 2.97. The van der Waals surface area contributed by atoms with Gasteiger partial charge < -0.3 is 4.74 Å². The lowest BCUT2D eigenvalue weighted by Gasteiger charge is -2.21. The third kappa shape index (κ3) is 2.78. The number of sulfone groups is 1. The van der Waals surface area contributed by atoms with E-state index < -0.39 is 15.3 Å². The molecule has 0 amide bonds. The largest absolute Gasteiger partial charge is 0.471 e. The van der Waals surface area contributed by atoms with Crippen molar-refractivity contribution in [2.24, 2.45) is 0 Å². The first-order valence-corrected chi connectivity index (χ1v) is 8.79. The summed E-state index contributed by atoms with van der Waals surface area (Å²) >= 11 is 0. The van der Waals surface area contributed by atoms with E-state index >= 15 is 0 Å². The molecule has 1 aromatic heterocycles. The number of rotatable bonds is 3. The Kier molecular flexibility index (Phi) is 3.52. The molecule has 1 aliphatic heterocycles. The van der Waals surface area contributed by atoms with E-state index in [9.17, 15) is 8.42 Å². The van der Waals surface area contributed by atoms with Crippen LogP contribution in [0.5, 0.6) is 5.75 Å². The van der Waals surface area contributed by atoms with Crippen molar-refractivity contribution in [3.05, 3.63) is 12.4 Å². The molecule has 1 saturated heterocycles. The first-order valence-electron chi connectivity index (χ1n) is 7.07. The number of hydrogen-bond acceptors (Lipinski definition) is 4. The van der Waals surface area contributed by atoms with Gasteiger partial charge in [0, 0.05) is 0 Å². The fourth-order valence-corrected chi connectivity index (χ4v) is 4.59. The highest BCUT2D eigenvalue weighted by molar-refractivity contribution is 7.92. The minimum absolute atomic E-state index is 0.244. The summed E-state index contributed by atoms with van der Waals surface area (Å²) in [5.41, 5.74) is -0.670. The lowest BCUT2D eigenvalue weighted by atomic mass is 9.96. The van der Waals surface area contributed by atoms with E-state index in [1.54, 1.807) is 6.20 Å². The molecule has 0 aromatic carbocycles. The number of aromatic nitrogens is 2. The molecular weight excluding hydrogens is 264 g/mol. The van der Waals surface area contributed by atoms with Crippen molar-refractivity contribution < 1.29 is 13.2 Å². The molecule has 19 heavy (non-hydrogen) atoms. The maximum absolute atomic E-state index is 11.7. The number of ether oxygens (including phenoxy) is 1. The summed E-state index contributed by atoms with van der Waals surface area (Å²) in [6.45, 7) is 0. The quantitative estimate of drug-likeness (QED) is 0.854. The van der Waals surface area contributed by atoms with Crippen molar-refractivity contribution in [3.8, 4) is 5.75 Å². The highest BCUT2D eigenvalue weighted by Crippen LogP contribution is 2.29. The summed E-state index contributed by atoms with van der Waals surface area (Å²) in [4.78, 5) is 0. The van der Waals surface area contributed by atoms with Crippen LogP contribution in [0.15, 0.2) is 12.4 Å². The van der Waals surface area contributed by atoms with E-state index in [2.05, 4.69) is 5.10 Å². The molecule has 1 saturated carbocycles. The molecule has 0 radical (unpaired) electrons. The van der Waals surface area contributed by atoms with Crippen LogP contribution in [0.1, 0.15) is 51.0 Å². The van der Waals surface area contributed by atoms with Gasteiger partial charge in [-0.05, 0) is 25.7 Å². The summed E-state index contributed by atoms with van der Waals surface area (Å²) in [5.74, 6) is 0.829.